The van der Waals surface area contributed by atoms with E-state index in [-0.39, 0.29) is 28.5 Å². The van der Waals surface area contributed by atoms with Gasteiger partial charge in [0.25, 0.3) is 17.7 Å². The van der Waals surface area contributed by atoms with Crippen LogP contribution in [0.15, 0.2) is 72.3 Å². The van der Waals surface area contributed by atoms with Crippen LogP contribution in [-0.4, -0.2) is 43.4 Å². The van der Waals surface area contributed by atoms with E-state index in [4.69, 9.17) is 27.9 Å². The molecule has 3 aromatic rings. The second-order valence-corrected chi connectivity index (χ2v) is 8.85. The first-order valence-electron chi connectivity index (χ1n) is 11.2. The van der Waals surface area contributed by atoms with Crippen LogP contribution in [-0.2, 0) is 19.1 Å². The average Bonchev–Trinajstić information content (AvgIpc) is 2.92. The molecule has 10 nitrogen and oxygen atoms in total. The van der Waals surface area contributed by atoms with Gasteiger partial charge in [-0.05, 0) is 66.2 Å². The zero-order chi connectivity index (χ0) is 28.1. The molecule has 0 radical (unpaired) electrons. The second kappa shape index (κ2) is 11.8. The summed E-state index contributed by atoms with van der Waals surface area (Å²) in [5.41, 5.74) is 0.916. The van der Waals surface area contributed by atoms with E-state index in [1.807, 2.05) is 0 Å². The van der Waals surface area contributed by atoms with Crippen molar-refractivity contribution in [3.8, 4) is 5.75 Å². The van der Waals surface area contributed by atoms with Gasteiger partial charge in [0.05, 0.1) is 28.4 Å². The fourth-order valence-corrected chi connectivity index (χ4v) is 3.84. The lowest BCUT2D eigenvalue weighted by molar-refractivity contribution is -0.122. The summed E-state index contributed by atoms with van der Waals surface area (Å²) >= 11 is 11.8. The van der Waals surface area contributed by atoms with E-state index in [0.29, 0.717) is 22.0 Å². The van der Waals surface area contributed by atoms with E-state index in [1.165, 1.54) is 49.6 Å². The SMILES string of the molecule is COC(=O)c1ccc(N2C(=O)NC(=O)/C(=C/c3cccc(OCC(=O)Nc4ccc(Cl)c(Cl)c4)c3)C2=O)cc1. The highest BCUT2D eigenvalue weighted by Gasteiger charge is 2.36. The molecule has 0 spiro atoms. The number of rotatable bonds is 7. The lowest BCUT2D eigenvalue weighted by Gasteiger charge is -2.26. The van der Waals surface area contributed by atoms with E-state index < -0.39 is 29.7 Å². The van der Waals surface area contributed by atoms with Crippen LogP contribution in [0.25, 0.3) is 6.08 Å². The smallest absolute Gasteiger partial charge is 0.337 e. The lowest BCUT2D eigenvalue weighted by atomic mass is 10.1. The Morgan fingerprint density at radius 3 is 2.41 bits per heavy atom. The number of urea groups is 1. The third kappa shape index (κ3) is 6.43. The summed E-state index contributed by atoms with van der Waals surface area (Å²) in [6.07, 6.45) is 1.29. The first-order valence-corrected chi connectivity index (χ1v) is 12.0. The minimum Gasteiger partial charge on any atom is -0.484 e. The number of methoxy groups -OCH3 is 1. The summed E-state index contributed by atoms with van der Waals surface area (Å²) in [5.74, 6) is -2.47. The number of hydrogen-bond acceptors (Lipinski definition) is 7. The maximum atomic E-state index is 13.1. The van der Waals surface area contributed by atoms with Crippen molar-refractivity contribution in [1.82, 2.24) is 5.32 Å². The Bertz CT molecular complexity index is 1520. The Labute approximate surface area is 232 Å². The van der Waals surface area contributed by atoms with Crippen molar-refractivity contribution >= 4 is 70.4 Å². The molecule has 0 atom stereocenters. The van der Waals surface area contributed by atoms with Crippen molar-refractivity contribution in [2.45, 2.75) is 0 Å². The first kappa shape index (κ1) is 27.4. The number of benzene rings is 3. The zero-order valence-electron chi connectivity index (χ0n) is 20.2. The van der Waals surface area contributed by atoms with E-state index in [2.05, 4.69) is 15.4 Å². The minimum atomic E-state index is -0.932. The van der Waals surface area contributed by atoms with Gasteiger partial charge in [-0.2, -0.15) is 0 Å². The van der Waals surface area contributed by atoms with E-state index in [1.54, 1.807) is 30.3 Å². The highest BCUT2D eigenvalue weighted by atomic mass is 35.5. The van der Waals surface area contributed by atoms with Crippen LogP contribution in [0.2, 0.25) is 10.0 Å². The molecule has 12 heteroatoms. The summed E-state index contributed by atoms with van der Waals surface area (Å²) in [6, 6.07) is 15.6. The van der Waals surface area contributed by atoms with Gasteiger partial charge in [0.1, 0.15) is 11.3 Å². The standard InChI is InChI=1S/C27H19Cl2N3O7/c1-38-26(36)16-5-8-18(9-6-16)32-25(35)20(24(34)31-27(32)37)12-15-3-2-4-19(11-15)39-14-23(33)30-17-7-10-21(28)22(29)13-17/h2-13H,14H2,1H3,(H,30,33)(H,31,34,37)/b20-12-. The van der Waals surface area contributed by atoms with Crippen LogP contribution in [0, 0.1) is 0 Å². The number of carbonyl (C=O) groups is 5. The molecule has 1 saturated heterocycles. The molecule has 3 aromatic carbocycles. The number of ether oxygens (including phenoxy) is 2. The number of barbiturate groups is 1. The van der Waals surface area contributed by atoms with Gasteiger partial charge < -0.3 is 14.8 Å². The highest BCUT2D eigenvalue weighted by Crippen LogP contribution is 2.26. The number of hydrogen-bond donors (Lipinski definition) is 2. The molecule has 0 bridgehead atoms. The van der Waals surface area contributed by atoms with E-state index in [0.717, 1.165) is 4.90 Å². The molecule has 1 fully saturated rings. The molecule has 0 saturated carbocycles. The van der Waals surface area contributed by atoms with Gasteiger partial charge in [0.15, 0.2) is 6.61 Å². The van der Waals surface area contributed by atoms with Crippen LogP contribution in [0.1, 0.15) is 15.9 Å². The molecule has 0 aromatic heterocycles. The number of carbonyl (C=O) groups excluding carboxylic acids is 5. The largest absolute Gasteiger partial charge is 0.484 e. The summed E-state index contributed by atoms with van der Waals surface area (Å²) in [5, 5.41) is 5.40. The Morgan fingerprint density at radius 1 is 0.974 bits per heavy atom. The van der Waals surface area contributed by atoms with E-state index in [9.17, 15) is 24.0 Å². The molecule has 198 valence electrons. The Kier molecular flexibility index (Phi) is 8.28. The molecule has 1 heterocycles. The van der Waals surface area contributed by atoms with Gasteiger partial charge in [-0.15, -0.1) is 0 Å². The van der Waals surface area contributed by atoms with Crippen molar-refractivity contribution in [3.63, 3.8) is 0 Å². The second-order valence-electron chi connectivity index (χ2n) is 8.03. The topological polar surface area (TPSA) is 131 Å². The van der Waals surface area contributed by atoms with Crippen LogP contribution in [0.5, 0.6) is 5.75 Å². The summed E-state index contributed by atoms with van der Waals surface area (Å²) in [4.78, 5) is 62.8. The third-order valence-corrected chi connectivity index (χ3v) is 6.13. The van der Waals surface area contributed by atoms with Crippen LogP contribution < -0.4 is 20.3 Å². The summed E-state index contributed by atoms with van der Waals surface area (Å²) in [7, 11) is 1.23. The summed E-state index contributed by atoms with van der Waals surface area (Å²) < 4.78 is 10.2. The average molecular weight is 568 g/mol. The predicted molar refractivity (Wildman–Crippen MR) is 144 cm³/mol. The normalized spacial score (nSPS) is 14.2. The number of nitrogens with one attached hydrogen (secondary N) is 2. The molecule has 1 aliphatic rings. The quantitative estimate of drug-likeness (QED) is 0.244. The lowest BCUT2D eigenvalue weighted by Crippen LogP contribution is -2.54. The fraction of sp³-hybridized carbons (Fsp3) is 0.0741. The zero-order valence-corrected chi connectivity index (χ0v) is 21.7. The predicted octanol–water partition coefficient (Wildman–Crippen LogP) is 4.46. The van der Waals surface area contributed by atoms with Crippen LogP contribution in [0.3, 0.4) is 0 Å². The van der Waals surface area contributed by atoms with Gasteiger partial charge in [0.2, 0.25) is 0 Å². The first-order chi connectivity index (χ1) is 18.7. The monoisotopic (exact) mass is 567 g/mol. The number of imide groups is 2. The van der Waals surface area contributed by atoms with Crippen molar-refractivity contribution in [1.29, 1.82) is 0 Å². The number of nitrogens with zero attached hydrogens (tertiary/aromatic N) is 1. The molecule has 2 N–H and O–H groups in total. The number of esters is 1. The molecule has 4 rings (SSSR count). The van der Waals surface area contributed by atoms with Crippen molar-refractivity contribution < 1.29 is 33.4 Å². The Hall–Kier alpha value is -4.67. The van der Waals surface area contributed by atoms with Gasteiger partial charge in [-0.1, -0.05) is 35.3 Å². The van der Waals surface area contributed by atoms with Gasteiger partial charge in [-0.25, -0.2) is 14.5 Å². The molecule has 5 amide bonds. The van der Waals surface area contributed by atoms with Gasteiger partial charge >= 0.3 is 12.0 Å². The molecule has 0 aliphatic carbocycles. The van der Waals surface area contributed by atoms with Gasteiger partial charge in [-0.3, -0.25) is 19.7 Å². The minimum absolute atomic E-state index is 0.147. The molecule has 0 unspecified atom stereocenters. The summed E-state index contributed by atoms with van der Waals surface area (Å²) in [6.45, 7) is -0.330. The van der Waals surface area contributed by atoms with E-state index >= 15 is 0 Å². The van der Waals surface area contributed by atoms with Crippen molar-refractivity contribution in [2.75, 3.05) is 23.9 Å². The van der Waals surface area contributed by atoms with Crippen LogP contribution >= 0.6 is 23.2 Å². The van der Waals surface area contributed by atoms with Crippen molar-refractivity contribution in [3.05, 3.63) is 93.5 Å². The Balaban J connectivity index is 1.48. The number of amides is 5. The molecular weight excluding hydrogens is 549 g/mol. The maximum absolute atomic E-state index is 13.1. The Morgan fingerprint density at radius 2 is 1.72 bits per heavy atom. The number of halogens is 2. The molecule has 39 heavy (non-hydrogen) atoms. The maximum Gasteiger partial charge on any atom is 0.337 e. The van der Waals surface area contributed by atoms with Gasteiger partial charge in [0, 0.05) is 5.69 Å². The third-order valence-electron chi connectivity index (χ3n) is 5.39. The highest BCUT2D eigenvalue weighted by molar-refractivity contribution is 6.42. The number of anilines is 2. The molecular formula is C27H19Cl2N3O7. The van der Waals surface area contributed by atoms with Crippen LogP contribution in [0.4, 0.5) is 16.2 Å². The molecule has 1 aliphatic heterocycles. The van der Waals surface area contributed by atoms with Crippen molar-refractivity contribution in [2.24, 2.45) is 0 Å². The fourth-order valence-electron chi connectivity index (χ4n) is 3.54.